The van der Waals surface area contributed by atoms with Crippen molar-refractivity contribution in [1.82, 2.24) is 9.44 Å². The lowest BCUT2D eigenvalue weighted by molar-refractivity contribution is -0.138. The maximum Gasteiger partial charge on any atom is 0.303 e. The van der Waals surface area contributed by atoms with E-state index in [-0.39, 0.29) is 51.9 Å². The number of hydrogen-bond donors (Lipinski definition) is 4. The molecule has 0 spiro atoms. The first-order valence-corrected chi connectivity index (χ1v) is 20.5. The number of carboxylic acid groups (broad SMARTS) is 2. The van der Waals surface area contributed by atoms with Crippen LogP contribution in [0.1, 0.15) is 131 Å². The summed E-state index contributed by atoms with van der Waals surface area (Å²) in [4.78, 5) is 34.2. The van der Waals surface area contributed by atoms with Crippen molar-refractivity contribution >= 4 is 49.4 Å². The second-order valence-corrected chi connectivity index (χ2v) is 16.2. The van der Waals surface area contributed by atoms with Crippen LogP contribution in [0.3, 0.4) is 0 Å². The molecule has 0 saturated carbocycles. The highest BCUT2D eigenvalue weighted by atomic mass is 35.5. The fourth-order valence-corrected chi connectivity index (χ4v) is 7.86. The minimum Gasteiger partial charge on any atom is -0.481 e. The zero-order chi connectivity index (χ0) is 36.1. The van der Waals surface area contributed by atoms with E-state index in [2.05, 4.69) is 9.44 Å². The van der Waals surface area contributed by atoms with Gasteiger partial charge in [0.1, 0.15) is 0 Å². The van der Waals surface area contributed by atoms with E-state index < -0.39 is 37.8 Å². The SMILES string of the molecule is O=C(O)CCCCCCCCCCNS(=O)(=O)c1cccc(C(=O)c2ccc(S(=O)(=O)NCCCCCCCCCCC(=O)O)cc2Cl)c1. The Morgan fingerprint density at radius 2 is 0.959 bits per heavy atom. The van der Waals surface area contributed by atoms with Crippen LogP contribution in [0.5, 0.6) is 0 Å². The fourth-order valence-electron chi connectivity index (χ4n) is 5.31. The Morgan fingerprint density at radius 3 is 1.39 bits per heavy atom. The molecule has 0 amide bonds. The topological polar surface area (TPSA) is 184 Å². The van der Waals surface area contributed by atoms with Crippen molar-refractivity contribution in [2.24, 2.45) is 0 Å². The second-order valence-electron chi connectivity index (χ2n) is 12.2. The summed E-state index contributed by atoms with van der Waals surface area (Å²) in [7, 11) is -7.72. The molecule has 14 heteroatoms. The molecule has 2 rings (SSSR count). The van der Waals surface area contributed by atoms with Gasteiger partial charge in [-0.2, -0.15) is 0 Å². The van der Waals surface area contributed by atoms with Gasteiger partial charge in [-0.15, -0.1) is 0 Å². The average molecular weight is 743 g/mol. The third-order valence-corrected chi connectivity index (χ3v) is 11.4. The number of benzene rings is 2. The van der Waals surface area contributed by atoms with E-state index in [4.69, 9.17) is 21.8 Å². The largest absolute Gasteiger partial charge is 0.481 e. The maximum atomic E-state index is 13.3. The van der Waals surface area contributed by atoms with Crippen LogP contribution >= 0.6 is 11.6 Å². The van der Waals surface area contributed by atoms with Crippen LogP contribution < -0.4 is 9.44 Å². The number of halogens is 1. The van der Waals surface area contributed by atoms with E-state index in [9.17, 15) is 31.2 Å². The van der Waals surface area contributed by atoms with E-state index in [0.29, 0.717) is 25.7 Å². The van der Waals surface area contributed by atoms with Gasteiger partial charge in [0.2, 0.25) is 20.0 Å². The molecule has 49 heavy (non-hydrogen) atoms. The fraction of sp³-hybridized carbons (Fsp3) is 0.571. The Labute approximate surface area is 296 Å². The second kappa shape index (κ2) is 22.8. The summed E-state index contributed by atoms with van der Waals surface area (Å²) >= 11 is 6.36. The molecule has 0 unspecified atom stereocenters. The number of carbonyl (C=O) groups excluding carboxylic acids is 1. The van der Waals surface area contributed by atoms with Crippen molar-refractivity contribution in [3.8, 4) is 0 Å². The van der Waals surface area contributed by atoms with E-state index >= 15 is 0 Å². The number of nitrogens with one attached hydrogen (secondary N) is 2. The van der Waals surface area contributed by atoms with Gasteiger partial charge in [-0.1, -0.05) is 101 Å². The molecule has 0 radical (unpaired) electrons. The summed E-state index contributed by atoms with van der Waals surface area (Å²) in [5.41, 5.74) is 0.148. The van der Waals surface area contributed by atoms with Crippen molar-refractivity contribution in [1.29, 1.82) is 0 Å². The van der Waals surface area contributed by atoms with E-state index in [1.54, 1.807) is 0 Å². The van der Waals surface area contributed by atoms with Gasteiger partial charge >= 0.3 is 11.9 Å². The van der Waals surface area contributed by atoms with Gasteiger partial charge in [0.25, 0.3) is 0 Å². The highest BCUT2D eigenvalue weighted by Crippen LogP contribution is 2.25. The standard InChI is InChI=1S/C35H51ClN2O9S2/c36-32-27-30(49(46,47)38-25-16-12-8-4-2-6-10-14-21-34(41)42)22-23-31(32)35(43)28-18-17-19-29(26-28)48(44,45)37-24-15-11-7-3-1-5-9-13-20-33(39)40/h17-19,22-23,26-27,37-38H,1-16,20-21,24-25H2,(H,39,40)(H,41,42). The molecule has 274 valence electrons. The molecule has 0 aliphatic rings. The van der Waals surface area contributed by atoms with Crippen LogP contribution in [-0.4, -0.2) is 57.9 Å². The molecule has 0 heterocycles. The Kier molecular flexibility index (Phi) is 19.7. The Morgan fingerprint density at radius 1 is 0.551 bits per heavy atom. The Balaban J connectivity index is 1.79. The van der Waals surface area contributed by atoms with Crippen LogP contribution in [0.25, 0.3) is 0 Å². The summed E-state index contributed by atoms with van der Waals surface area (Å²) < 4.78 is 56.6. The Hall–Kier alpha value is -2.84. The zero-order valence-corrected chi connectivity index (χ0v) is 30.5. The smallest absolute Gasteiger partial charge is 0.303 e. The van der Waals surface area contributed by atoms with Gasteiger partial charge in [-0.25, -0.2) is 26.3 Å². The normalized spacial score (nSPS) is 11.9. The molecule has 2 aromatic carbocycles. The minimum absolute atomic E-state index is 0.0490. The van der Waals surface area contributed by atoms with Crippen molar-refractivity contribution in [3.63, 3.8) is 0 Å². The Bertz CT molecular complexity index is 1560. The number of sulfonamides is 2. The molecule has 4 N–H and O–H groups in total. The highest BCUT2D eigenvalue weighted by Gasteiger charge is 2.21. The summed E-state index contributed by atoms with van der Waals surface area (Å²) in [6.07, 6.45) is 14.6. The van der Waals surface area contributed by atoms with Crippen LogP contribution in [0, 0.1) is 0 Å². The number of hydrogen-bond acceptors (Lipinski definition) is 7. The van der Waals surface area contributed by atoms with Gasteiger partial charge in [-0.05, 0) is 56.0 Å². The van der Waals surface area contributed by atoms with Gasteiger partial charge in [0.05, 0.1) is 14.8 Å². The van der Waals surface area contributed by atoms with Crippen LogP contribution in [0.2, 0.25) is 5.02 Å². The van der Waals surface area contributed by atoms with Crippen molar-refractivity contribution in [2.75, 3.05) is 13.1 Å². The van der Waals surface area contributed by atoms with Crippen molar-refractivity contribution in [2.45, 2.75) is 125 Å². The molecule has 0 aromatic heterocycles. The lowest BCUT2D eigenvalue weighted by Crippen LogP contribution is -2.25. The molecule has 0 saturated heterocycles. The minimum atomic E-state index is -3.86. The number of unbranched alkanes of at least 4 members (excludes halogenated alkanes) is 14. The van der Waals surface area contributed by atoms with E-state index in [1.807, 2.05) is 0 Å². The van der Waals surface area contributed by atoms with Crippen LogP contribution in [0.15, 0.2) is 52.3 Å². The summed E-state index contributed by atoms with van der Waals surface area (Å²) in [5.74, 6) is -2.08. The van der Waals surface area contributed by atoms with Gasteiger partial charge in [-0.3, -0.25) is 14.4 Å². The first-order valence-electron chi connectivity index (χ1n) is 17.2. The molecule has 0 bridgehead atoms. The molecule has 11 nitrogen and oxygen atoms in total. The van der Waals surface area contributed by atoms with Crippen molar-refractivity contribution in [3.05, 3.63) is 58.6 Å². The van der Waals surface area contributed by atoms with Gasteiger partial charge in [0.15, 0.2) is 5.78 Å². The van der Waals surface area contributed by atoms with Gasteiger partial charge in [0, 0.05) is 37.1 Å². The molecular formula is C35H51ClN2O9S2. The van der Waals surface area contributed by atoms with Gasteiger partial charge < -0.3 is 10.2 Å². The zero-order valence-electron chi connectivity index (χ0n) is 28.1. The molecule has 0 aliphatic heterocycles. The molecule has 0 aliphatic carbocycles. The first-order chi connectivity index (χ1) is 23.3. The van der Waals surface area contributed by atoms with E-state index in [1.165, 1.54) is 42.5 Å². The molecule has 0 fully saturated rings. The third-order valence-electron chi connectivity index (χ3n) is 8.12. The number of ketones is 1. The predicted octanol–water partition coefficient (Wildman–Crippen LogP) is 7.32. The number of aliphatic carboxylic acids is 2. The lowest BCUT2D eigenvalue weighted by Gasteiger charge is -2.11. The molecular weight excluding hydrogens is 692 g/mol. The van der Waals surface area contributed by atoms with Crippen molar-refractivity contribution < 1.29 is 41.4 Å². The third kappa shape index (κ3) is 17.1. The summed E-state index contributed by atoms with van der Waals surface area (Å²) in [6, 6.07) is 9.46. The number of rotatable bonds is 28. The van der Waals surface area contributed by atoms with Crippen LogP contribution in [-0.2, 0) is 29.6 Å². The first kappa shape index (κ1) is 42.3. The molecule has 0 atom stereocenters. The highest BCUT2D eigenvalue weighted by molar-refractivity contribution is 7.89. The number of carbonyl (C=O) groups is 3. The summed E-state index contributed by atoms with van der Waals surface area (Å²) in [5, 5.41) is 17.3. The number of carboxylic acids is 2. The summed E-state index contributed by atoms with van der Waals surface area (Å²) in [6.45, 7) is 0.513. The lowest BCUT2D eigenvalue weighted by atomic mass is 10.0. The van der Waals surface area contributed by atoms with Crippen LogP contribution in [0.4, 0.5) is 0 Å². The average Bonchev–Trinajstić information content (AvgIpc) is 3.05. The predicted molar refractivity (Wildman–Crippen MR) is 190 cm³/mol. The monoisotopic (exact) mass is 742 g/mol. The quantitative estimate of drug-likeness (QED) is 0.0512. The van der Waals surface area contributed by atoms with E-state index in [0.717, 1.165) is 77.0 Å². The maximum absolute atomic E-state index is 13.3. The molecule has 2 aromatic rings.